The van der Waals surface area contributed by atoms with E-state index in [1.165, 1.54) is 6.42 Å². The van der Waals surface area contributed by atoms with Crippen molar-refractivity contribution in [2.75, 3.05) is 6.61 Å². The summed E-state index contributed by atoms with van der Waals surface area (Å²) < 4.78 is 4.80. The van der Waals surface area contributed by atoms with Gasteiger partial charge in [-0.1, -0.05) is 27.2 Å². The van der Waals surface area contributed by atoms with Crippen molar-refractivity contribution in [2.24, 2.45) is 17.8 Å². The van der Waals surface area contributed by atoms with Crippen LogP contribution in [0.2, 0.25) is 0 Å². The zero-order valence-electron chi connectivity index (χ0n) is 12.6. The number of hydrogen-bond donors (Lipinski definition) is 1. The van der Waals surface area contributed by atoms with E-state index in [1.54, 1.807) is 6.92 Å². The molecule has 0 radical (unpaired) electrons. The van der Waals surface area contributed by atoms with Crippen molar-refractivity contribution in [3.05, 3.63) is 0 Å². The zero-order valence-corrected chi connectivity index (χ0v) is 12.6. The first-order valence-corrected chi connectivity index (χ1v) is 7.39. The van der Waals surface area contributed by atoms with E-state index in [9.17, 15) is 9.59 Å². The van der Waals surface area contributed by atoms with Crippen molar-refractivity contribution in [3.63, 3.8) is 0 Å². The van der Waals surface area contributed by atoms with Crippen LogP contribution >= 0.6 is 0 Å². The number of rotatable bonds is 5. The van der Waals surface area contributed by atoms with E-state index in [2.05, 4.69) is 26.1 Å². The number of nitrogens with one attached hydrogen (secondary N) is 1. The fourth-order valence-electron chi connectivity index (χ4n) is 2.97. The monoisotopic (exact) mass is 269 g/mol. The Labute approximate surface area is 116 Å². The first-order valence-electron chi connectivity index (χ1n) is 7.39. The molecule has 19 heavy (non-hydrogen) atoms. The lowest BCUT2D eigenvalue weighted by Crippen LogP contribution is -2.46. The fourth-order valence-corrected chi connectivity index (χ4v) is 2.97. The van der Waals surface area contributed by atoms with E-state index >= 15 is 0 Å². The molecule has 0 bridgehead atoms. The van der Waals surface area contributed by atoms with Crippen LogP contribution in [0.15, 0.2) is 0 Å². The number of carbonyl (C=O) groups is 2. The van der Waals surface area contributed by atoms with Crippen molar-refractivity contribution in [1.82, 2.24) is 5.32 Å². The maximum absolute atomic E-state index is 11.9. The van der Waals surface area contributed by atoms with E-state index in [-0.39, 0.29) is 18.4 Å². The molecule has 1 rings (SSSR count). The Kier molecular flexibility index (Phi) is 6.32. The maximum atomic E-state index is 11.9. The fraction of sp³-hybridized carbons (Fsp3) is 0.867. The van der Waals surface area contributed by atoms with Gasteiger partial charge in [-0.15, -0.1) is 0 Å². The molecule has 0 aromatic heterocycles. The van der Waals surface area contributed by atoms with Gasteiger partial charge in [0, 0.05) is 6.04 Å². The molecule has 4 nitrogen and oxygen atoms in total. The highest BCUT2D eigenvalue weighted by Gasteiger charge is 2.31. The van der Waals surface area contributed by atoms with Gasteiger partial charge in [-0.2, -0.15) is 0 Å². The Morgan fingerprint density at radius 1 is 1.32 bits per heavy atom. The second-order valence-corrected chi connectivity index (χ2v) is 5.98. The first kappa shape index (κ1) is 16.0. The zero-order chi connectivity index (χ0) is 14.4. The second kappa shape index (κ2) is 7.51. The van der Waals surface area contributed by atoms with Crippen molar-refractivity contribution in [3.8, 4) is 0 Å². The molecule has 3 unspecified atom stereocenters. The van der Waals surface area contributed by atoms with Gasteiger partial charge in [-0.05, 0) is 37.5 Å². The molecule has 1 N–H and O–H groups in total. The second-order valence-electron chi connectivity index (χ2n) is 5.98. The lowest BCUT2D eigenvalue weighted by atomic mass is 9.74. The summed E-state index contributed by atoms with van der Waals surface area (Å²) >= 11 is 0. The van der Waals surface area contributed by atoms with Crippen LogP contribution in [0.3, 0.4) is 0 Å². The van der Waals surface area contributed by atoms with Crippen molar-refractivity contribution in [2.45, 2.75) is 59.4 Å². The molecule has 1 aliphatic carbocycles. The van der Waals surface area contributed by atoms with Crippen LogP contribution in [0.25, 0.3) is 0 Å². The number of esters is 1. The minimum Gasteiger partial charge on any atom is -0.466 e. The molecule has 0 spiro atoms. The Morgan fingerprint density at radius 2 is 2.00 bits per heavy atom. The topological polar surface area (TPSA) is 55.4 Å². The lowest BCUT2D eigenvalue weighted by molar-refractivity contribution is -0.146. The summed E-state index contributed by atoms with van der Waals surface area (Å²) in [5, 5.41) is 3.03. The van der Waals surface area contributed by atoms with Crippen LogP contribution in [0.1, 0.15) is 53.4 Å². The quantitative estimate of drug-likeness (QED) is 0.616. The SMILES string of the molecule is CCOC(=O)CC(=O)NC1CC(C)CCC1C(C)C. The molecule has 0 aliphatic heterocycles. The molecular weight excluding hydrogens is 242 g/mol. The number of amides is 1. The van der Waals surface area contributed by atoms with Crippen molar-refractivity contribution in [1.29, 1.82) is 0 Å². The van der Waals surface area contributed by atoms with Gasteiger partial charge < -0.3 is 10.1 Å². The highest BCUT2D eigenvalue weighted by molar-refractivity contribution is 5.94. The third-order valence-electron chi connectivity index (χ3n) is 3.98. The third kappa shape index (κ3) is 5.21. The number of ether oxygens (including phenoxy) is 1. The molecule has 110 valence electrons. The van der Waals surface area contributed by atoms with E-state index in [4.69, 9.17) is 4.74 Å². The standard InChI is InChI=1S/C15H27NO3/c1-5-19-15(18)9-14(17)16-13-8-11(4)6-7-12(13)10(2)3/h10-13H,5-9H2,1-4H3,(H,16,17). The maximum Gasteiger partial charge on any atom is 0.315 e. The Bertz CT molecular complexity index is 315. The molecule has 0 aromatic rings. The minimum absolute atomic E-state index is 0.163. The van der Waals surface area contributed by atoms with Crippen LogP contribution in [-0.4, -0.2) is 24.5 Å². The lowest BCUT2D eigenvalue weighted by Gasteiger charge is -2.37. The predicted molar refractivity (Wildman–Crippen MR) is 74.5 cm³/mol. The number of hydrogen-bond acceptors (Lipinski definition) is 3. The number of carbonyl (C=O) groups excluding carboxylic acids is 2. The largest absolute Gasteiger partial charge is 0.466 e. The summed E-state index contributed by atoms with van der Waals surface area (Å²) in [5.41, 5.74) is 0. The summed E-state index contributed by atoms with van der Waals surface area (Å²) in [6.45, 7) is 8.69. The average Bonchev–Trinajstić information content (AvgIpc) is 2.28. The summed E-state index contributed by atoms with van der Waals surface area (Å²) in [6.07, 6.45) is 3.23. The predicted octanol–water partition coefficient (Wildman–Crippen LogP) is 2.52. The molecule has 1 saturated carbocycles. The van der Waals surface area contributed by atoms with Crippen LogP contribution in [0, 0.1) is 17.8 Å². The van der Waals surface area contributed by atoms with Crippen LogP contribution in [0.5, 0.6) is 0 Å². The van der Waals surface area contributed by atoms with Gasteiger partial charge in [0.05, 0.1) is 6.61 Å². The summed E-state index contributed by atoms with van der Waals surface area (Å²) in [6, 6.07) is 0.200. The van der Waals surface area contributed by atoms with Crippen molar-refractivity contribution >= 4 is 11.9 Å². The summed E-state index contributed by atoms with van der Waals surface area (Å²) in [5.74, 6) is 1.07. The van der Waals surface area contributed by atoms with Gasteiger partial charge in [-0.25, -0.2) is 0 Å². The summed E-state index contributed by atoms with van der Waals surface area (Å²) in [4.78, 5) is 23.2. The Balaban J connectivity index is 2.51. The van der Waals surface area contributed by atoms with Crippen LogP contribution in [0.4, 0.5) is 0 Å². The van der Waals surface area contributed by atoms with E-state index < -0.39 is 5.97 Å². The molecule has 0 heterocycles. The minimum atomic E-state index is -0.440. The molecule has 1 amide bonds. The normalized spacial score (nSPS) is 27.1. The van der Waals surface area contributed by atoms with Crippen LogP contribution < -0.4 is 5.32 Å². The van der Waals surface area contributed by atoms with Gasteiger partial charge in [0.1, 0.15) is 6.42 Å². The molecule has 1 fully saturated rings. The van der Waals surface area contributed by atoms with Gasteiger partial charge in [0.25, 0.3) is 0 Å². The van der Waals surface area contributed by atoms with Gasteiger partial charge in [-0.3, -0.25) is 9.59 Å². The van der Waals surface area contributed by atoms with E-state index in [0.29, 0.717) is 24.4 Å². The van der Waals surface area contributed by atoms with Gasteiger partial charge >= 0.3 is 5.97 Å². The van der Waals surface area contributed by atoms with Gasteiger partial charge in [0.15, 0.2) is 0 Å². The highest BCUT2D eigenvalue weighted by Crippen LogP contribution is 2.33. The Hall–Kier alpha value is -1.06. The Morgan fingerprint density at radius 3 is 2.58 bits per heavy atom. The molecule has 0 saturated heterocycles. The van der Waals surface area contributed by atoms with E-state index in [0.717, 1.165) is 12.8 Å². The van der Waals surface area contributed by atoms with E-state index in [1.807, 2.05) is 0 Å². The molecular formula is C15H27NO3. The highest BCUT2D eigenvalue weighted by atomic mass is 16.5. The van der Waals surface area contributed by atoms with Crippen LogP contribution in [-0.2, 0) is 14.3 Å². The third-order valence-corrected chi connectivity index (χ3v) is 3.98. The average molecular weight is 269 g/mol. The summed E-state index contributed by atoms with van der Waals surface area (Å²) in [7, 11) is 0. The molecule has 3 atom stereocenters. The molecule has 0 aromatic carbocycles. The van der Waals surface area contributed by atoms with Crippen molar-refractivity contribution < 1.29 is 14.3 Å². The molecule has 4 heteroatoms. The molecule has 1 aliphatic rings. The first-order chi connectivity index (χ1) is 8.93. The smallest absolute Gasteiger partial charge is 0.315 e. The van der Waals surface area contributed by atoms with Gasteiger partial charge in [0.2, 0.25) is 5.91 Å².